The van der Waals surface area contributed by atoms with Crippen LogP contribution in [0, 0.1) is 0 Å². The molecule has 0 aliphatic heterocycles. The Balaban J connectivity index is 2.69. The first kappa shape index (κ1) is 10.5. The standard InChI is InChI=1S/C7H14BrN5/c1-9-4-5-12(2)7-6(8)10-11-13(7)3/h9H,4-5H2,1-3H3. The molecular weight excluding hydrogens is 234 g/mol. The number of likely N-dealkylation sites (N-methyl/N-ethyl adjacent to an activating group) is 2. The summed E-state index contributed by atoms with van der Waals surface area (Å²) in [5.41, 5.74) is 0. The highest BCUT2D eigenvalue weighted by molar-refractivity contribution is 9.10. The topological polar surface area (TPSA) is 46.0 Å². The van der Waals surface area contributed by atoms with E-state index in [2.05, 4.69) is 36.5 Å². The number of anilines is 1. The Bertz CT molecular complexity index is 252. The Morgan fingerprint density at radius 3 is 2.77 bits per heavy atom. The Labute approximate surface area is 86.2 Å². The molecule has 0 aromatic carbocycles. The second-order valence-electron chi connectivity index (χ2n) is 2.85. The number of hydrogen-bond acceptors (Lipinski definition) is 4. The number of aryl methyl sites for hydroxylation is 1. The van der Waals surface area contributed by atoms with Crippen LogP contribution in [0.5, 0.6) is 0 Å². The average Bonchev–Trinajstić information content (AvgIpc) is 2.42. The van der Waals surface area contributed by atoms with E-state index in [0.29, 0.717) is 0 Å². The summed E-state index contributed by atoms with van der Waals surface area (Å²) < 4.78 is 2.54. The van der Waals surface area contributed by atoms with Crippen LogP contribution in [-0.2, 0) is 7.05 Å². The molecule has 1 N–H and O–H groups in total. The van der Waals surface area contributed by atoms with Crippen molar-refractivity contribution in [2.45, 2.75) is 0 Å². The van der Waals surface area contributed by atoms with Crippen molar-refractivity contribution in [3.8, 4) is 0 Å². The molecule has 0 atom stereocenters. The van der Waals surface area contributed by atoms with Crippen LogP contribution in [0.2, 0.25) is 0 Å². The molecule has 74 valence electrons. The maximum Gasteiger partial charge on any atom is 0.172 e. The first-order chi connectivity index (χ1) is 6.16. The molecule has 0 bridgehead atoms. The van der Waals surface area contributed by atoms with Crippen molar-refractivity contribution in [2.75, 3.05) is 32.1 Å². The Morgan fingerprint density at radius 2 is 2.31 bits per heavy atom. The number of rotatable bonds is 4. The molecule has 0 unspecified atom stereocenters. The zero-order chi connectivity index (χ0) is 9.84. The fourth-order valence-corrected chi connectivity index (χ4v) is 1.75. The molecule has 0 saturated carbocycles. The molecule has 1 heterocycles. The summed E-state index contributed by atoms with van der Waals surface area (Å²) in [5.74, 6) is 0.996. The van der Waals surface area contributed by atoms with Crippen LogP contribution in [0.25, 0.3) is 0 Å². The molecule has 0 amide bonds. The largest absolute Gasteiger partial charge is 0.356 e. The molecule has 0 radical (unpaired) electrons. The summed E-state index contributed by atoms with van der Waals surface area (Å²) >= 11 is 3.35. The van der Waals surface area contributed by atoms with Gasteiger partial charge >= 0.3 is 0 Å². The molecule has 0 spiro atoms. The third-order valence-corrected chi connectivity index (χ3v) is 2.33. The predicted octanol–water partition coefficient (Wildman–Crippen LogP) is 0.233. The first-order valence-corrected chi connectivity index (χ1v) is 4.87. The number of halogens is 1. The van der Waals surface area contributed by atoms with Crippen LogP contribution in [-0.4, -0.2) is 42.2 Å². The van der Waals surface area contributed by atoms with Crippen molar-refractivity contribution < 1.29 is 0 Å². The van der Waals surface area contributed by atoms with Crippen molar-refractivity contribution in [2.24, 2.45) is 7.05 Å². The molecule has 6 heteroatoms. The normalized spacial score (nSPS) is 10.5. The summed E-state index contributed by atoms with van der Waals surface area (Å²) in [6.45, 7) is 1.87. The van der Waals surface area contributed by atoms with Gasteiger partial charge in [-0.1, -0.05) is 5.21 Å². The highest BCUT2D eigenvalue weighted by Gasteiger charge is 2.11. The summed E-state index contributed by atoms with van der Waals surface area (Å²) in [7, 11) is 5.83. The van der Waals surface area contributed by atoms with E-state index < -0.39 is 0 Å². The minimum atomic E-state index is 0.786. The Kier molecular flexibility index (Phi) is 3.68. The maximum absolute atomic E-state index is 3.91. The number of hydrogen-bond donors (Lipinski definition) is 1. The molecule has 1 aromatic heterocycles. The zero-order valence-electron chi connectivity index (χ0n) is 8.08. The quantitative estimate of drug-likeness (QED) is 0.828. The van der Waals surface area contributed by atoms with Crippen molar-refractivity contribution in [1.82, 2.24) is 20.3 Å². The second kappa shape index (κ2) is 4.57. The fourth-order valence-electron chi connectivity index (χ4n) is 1.12. The minimum Gasteiger partial charge on any atom is -0.356 e. The lowest BCUT2D eigenvalue weighted by Gasteiger charge is -2.18. The van der Waals surface area contributed by atoms with Gasteiger partial charge in [0.25, 0.3) is 0 Å². The molecule has 0 aliphatic rings. The van der Waals surface area contributed by atoms with Crippen LogP contribution in [0.4, 0.5) is 5.82 Å². The van der Waals surface area contributed by atoms with E-state index >= 15 is 0 Å². The lowest BCUT2D eigenvalue weighted by atomic mass is 10.5. The first-order valence-electron chi connectivity index (χ1n) is 4.07. The van der Waals surface area contributed by atoms with Gasteiger partial charge in [-0.05, 0) is 23.0 Å². The van der Waals surface area contributed by atoms with Gasteiger partial charge in [0, 0.05) is 27.2 Å². The van der Waals surface area contributed by atoms with E-state index in [1.165, 1.54) is 0 Å². The van der Waals surface area contributed by atoms with E-state index in [1.54, 1.807) is 4.68 Å². The van der Waals surface area contributed by atoms with Gasteiger partial charge in [-0.15, -0.1) is 5.10 Å². The molecule has 0 fully saturated rings. The van der Waals surface area contributed by atoms with Crippen LogP contribution < -0.4 is 10.2 Å². The fraction of sp³-hybridized carbons (Fsp3) is 0.714. The van der Waals surface area contributed by atoms with Gasteiger partial charge < -0.3 is 10.2 Å². The monoisotopic (exact) mass is 247 g/mol. The lowest BCUT2D eigenvalue weighted by molar-refractivity contribution is 0.686. The van der Waals surface area contributed by atoms with Crippen LogP contribution >= 0.6 is 15.9 Å². The summed E-state index contributed by atoms with van der Waals surface area (Å²) in [4.78, 5) is 2.10. The van der Waals surface area contributed by atoms with Gasteiger partial charge in [0.15, 0.2) is 10.4 Å². The third kappa shape index (κ3) is 2.41. The smallest absolute Gasteiger partial charge is 0.172 e. The molecule has 0 saturated heterocycles. The van der Waals surface area contributed by atoms with Gasteiger partial charge in [-0.25, -0.2) is 4.68 Å². The number of nitrogens with zero attached hydrogens (tertiary/aromatic N) is 4. The summed E-state index contributed by atoms with van der Waals surface area (Å²) in [6.07, 6.45) is 0. The van der Waals surface area contributed by atoms with Crippen molar-refractivity contribution >= 4 is 21.7 Å². The highest BCUT2D eigenvalue weighted by atomic mass is 79.9. The van der Waals surface area contributed by atoms with E-state index in [1.807, 2.05) is 21.1 Å². The van der Waals surface area contributed by atoms with Crippen LogP contribution in [0.1, 0.15) is 0 Å². The second-order valence-corrected chi connectivity index (χ2v) is 3.60. The highest BCUT2D eigenvalue weighted by Crippen LogP contribution is 2.20. The minimum absolute atomic E-state index is 0.786. The van der Waals surface area contributed by atoms with Gasteiger partial charge in [0.05, 0.1) is 0 Å². The van der Waals surface area contributed by atoms with E-state index in [4.69, 9.17) is 0 Å². The third-order valence-electron chi connectivity index (χ3n) is 1.82. The van der Waals surface area contributed by atoms with Crippen molar-refractivity contribution in [3.05, 3.63) is 4.60 Å². The van der Waals surface area contributed by atoms with Crippen LogP contribution in [0.15, 0.2) is 4.60 Å². The Morgan fingerprint density at radius 1 is 1.62 bits per heavy atom. The SMILES string of the molecule is CNCCN(C)c1c(Br)nnn1C. The molecule has 0 aliphatic carbocycles. The Hall–Kier alpha value is -0.620. The van der Waals surface area contributed by atoms with Crippen molar-refractivity contribution in [1.29, 1.82) is 0 Å². The molecule has 13 heavy (non-hydrogen) atoms. The van der Waals surface area contributed by atoms with Gasteiger partial charge in [-0.3, -0.25) is 0 Å². The molecular formula is C7H14BrN5. The zero-order valence-corrected chi connectivity index (χ0v) is 9.67. The summed E-state index contributed by atoms with van der Waals surface area (Å²) in [6, 6.07) is 0. The van der Waals surface area contributed by atoms with Crippen LogP contribution in [0.3, 0.4) is 0 Å². The predicted molar refractivity (Wildman–Crippen MR) is 55.9 cm³/mol. The van der Waals surface area contributed by atoms with Gasteiger partial charge in [0.2, 0.25) is 0 Å². The number of nitrogens with one attached hydrogen (secondary N) is 1. The molecule has 1 rings (SSSR count). The summed E-state index contributed by atoms with van der Waals surface area (Å²) in [5, 5.41) is 10.9. The van der Waals surface area contributed by atoms with E-state index in [9.17, 15) is 0 Å². The van der Waals surface area contributed by atoms with E-state index in [-0.39, 0.29) is 0 Å². The van der Waals surface area contributed by atoms with Crippen molar-refractivity contribution in [3.63, 3.8) is 0 Å². The van der Waals surface area contributed by atoms with Gasteiger partial charge in [-0.2, -0.15) is 0 Å². The molecule has 1 aromatic rings. The lowest BCUT2D eigenvalue weighted by Crippen LogP contribution is -2.28. The average molecular weight is 248 g/mol. The molecule has 5 nitrogen and oxygen atoms in total. The maximum atomic E-state index is 3.91. The van der Waals surface area contributed by atoms with Gasteiger partial charge in [0.1, 0.15) is 0 Å². The van der Waals surface area contributed by atoms with E-state index in [0.717, 1.165) is 23.5 Å². The number of aromatic nitrogens is 3.